The van der Waals surface area contributed by atoms with Crippen molar-refractivity contribution in [3.63, 3.8) is 0 Å². The molecule has 3 rings (SSSR count). The molecule has 1 aliphatic heterocycles. The number of nitrogens with one attached hydrogen (secondary N) is 1. The monoisotopic (exact) mass is 380 g/mol. The second-order valence-corrected chi connectivity index (χ2v) is 6.68. The van der Waals surface area contributed by atoms with Crippen molar-refractivity contribution in [1.29, 1.82) is 0 Å². The summed E-state index contributed by atoms with van der Waals surface area (Å²) in [5.74, 6) is -1.16. The van der Waals surface area contributed by atoms with Crippen LogP contribution in [0.15, 0.2) is 48.5 Å². The molecule has 0 aliphatic carbocycles. The number of esters is 1. The molecule has 0 spiro atoms. The van der Waals surface area contributed by atoms with E-state index in [1.807, 2.05) is 31.2 Å². The van der Waals surface area contributed by atoms with Crippen molar-refractivity contribution in [2.45, 2.75) is 26.7 Å². The minimum absolute atomic E-state index is 0.0543. The maximum atomic E-state index is 12.7. The van der Waals surface area contributed by atoms with Crippen molar-refractivity contribution in [2.24, 2.45) is 5.92 Å². The van der Waals surface area contributed by atoms with E-state index in [1.165, 1.54) is 0 Å². The van der Waals surface area contributed by atoms with Crippen LogP contribution in [0.4, 0.5) is 11.4 Å². The summed E-state index contributed by atoms with van der Waals surface area (Å²) in [6, 6.07) is 14.4. The molecular weight excluding hydrogens is 356 g/mol. The lowest BCUT2D eigenvalue weighted by Crippen LogP contribution is -2.28. The van der Waals surface area contributed by atoms with Gasteiger partial charge in [0.05, 0.1) is 18.1 Å². The highest BCUT2D eigenvalue weighted by Crippen LogP contribution is 2.29. The van der Waals surface area contributed by atoms with E-state index in [9.17, 15) is 14.4 Å². The molecule has 1 aliphatic rings. The predicted molar refractivity (Wildman–Crippen MR) is 107 cm³/mol. The van der Waals surface area contributed by atoms with Crippen molar-refractivity contribution in [1.82, 2.24) is 0 Å². The first-order valence-electron chi connectivity index (χ1n) is 9.49. The standard InChI is InChI=1S/C22H24N2O4/c1-3-15-8-5-6-11-19(15)24-14-17(13-20(24)25)21(26)23-18-10-7-9-16(12-18)22(27)28-4-2/h5-12,17H,3-4,13-14H2,1-2H3,(H,23,26). The molecule has 2 aromatic carbocycles. The molecule has 1 unspecified atom stereocenters. The fraction of sp³-hybridized carbons (Fsp3) is 0.318. The van der Waals surface area contributed by atoms with Crippen LogP contribution in [0.5, 0.6) is 0 Å². The predicted octanol–water partition coefficient (Wildman–Crippen LogP) is 3.42. The Morgan fingerprint density at radius 3 is 2.68 bits per heavy atom. The van der Waals surface area contributed by atoms with Gasteiger partial charge in [-0.1, -0.05) is 31.2 Å². The number of anilines is 2. The van der Waals surface area contributed by atoms with E-state index < -0.39 is 11.9 Å². The number of para-hydroxylation sites is 1. The van der Waals surface area contributed by atoms with Crippen LogP contribution < -0.4 is 10.2 Å². The Hall–Kier alpha value is -3.15. The quantitative estimate of drug-likeness (QED) is 0.779. The van der Waals surface area contributed by atoms with Crippen LogP contribution in [-0.4, -0.2) is 30.9 Å². The van der Waals surface area contributed by atoms with Gasteiger partial charge in [0, 0.05) is 24.3 Å². The third kappa shape index (κ3) is 4.22. The smallest absolute Gasteiger partial charge is 0.338 e. The summed E-state index contributed by atoms with van der Waals surface area (Å²) in [5, 5.41) is 2.82. The average molecular weight is 380 g/mol. The minimum atomic E-state index is -0.441. The number of benzene rings is 2. The van der Waals surface area contributed by atoms with Gasteiger partial charge in [-0.25, -0.2) is 4.79 Å². The van der Waals surface area contributed by atoms with E-state index in [2.05, 4.69) is 5.32 Å². The molecule has 2 amide bonds. The molecule has 146 valence electrons. The molecule has 0 bridgehead atoms. The van der Waals surface area contributed by atoms with Crippen molar-refractivity contribution >= 4 is 29.2 Å². The van der Waals surface area contributed by atoms with Crippen LogP contribution in [0.3, 0.4) is 0 Å². The first-order valence-corrected chi connectivity index (χ1v) is 9.49. The Morgan fingerprint density at radius 1 is 1.14 bits per heavy atom. The van der Waals surface area contributed by atoms with Crippen LogP contribution in [0.1, 0.15) is 36.2 Å². The van der Waals surface area contributed by atoms with E-state index in [-0.39, 0.29) is 24.8 Å². The zero-order valence-electron chi connectivity index (χ0n) is 16.1. The molecule has 1 atom stereocenters. The Kier molecular flexibility index (Phi) is 6.09. The number of nitrogens with zero attached hydrogens (tertiary/aromatic N) is 1. The number of carbonyl (C=O) groups is 3. The van der Waals surface area contributed by atoms with Gasteiger partial charge in [-0.05, 0) is 43.2 Å². The zero-order chi connectivity index (χ0) is 20.1. The van der Waals surface area contributed by atoms with E-state index in [4.69, 9.17) is 4.74 Å². The number of amides is 2. The van der Waals surface area contributed by atoms with Crippen LogP contribution in [0.2, 0.25) is 0 Å². The molecule has 6 nitrogen and oxygen atoms in total. The molecule has 1 fully saturated rings. The van der Waals surface area contributed by atoms with Crippen molar-refractivity contribution in [2.75, 3.05) is 23.4 Å². The maximum absolute atomic E-state index is 12.7. The molecule has 0 aromatic heterocycles. The number of hydrogen-bond donors (Lipinski definition) is 1. The maximum Gasteiger partial charge on any atom is 0.338 e. The first-order chi connectivity index (χ1) is 13.5. The summed E-state index contributed by atoms with van der Waals surface area (Å²) in [7, 11) is 0. The van der Waals surface area contributed by atoms with Gasteiger partial charge in [0.25, 0.3) is 0 Å². The fourth-order valence-corrected chi connectivity index (χ4v) is 3.37. The number of aryl methyl sites for hydroxylation is 1. The topological polar surface area (TPSA) is 75.7 Å². The van der Waals surface area contributed by atoms with Crippen molar-refractivity contribution in [3.05, 3.63) is 59.7 Å². The zero-order valence-corrected chi connectivity index (χ0v) is 16.1. The van der Waals surface area contributed by atoms with Crippen molar-refractivity contribution in [3.8, 4) is 0 Å². The SMILES string of the molecule is CCOC(=O)c1cccc(NC(=O)C2CC(=O)N(c3ccccc3CC)C2)c1. The molecule has 0 saturated carbocycles. The number of carbonyl (C=O) groups excluding carboxylic acids is 3. The second-order valence-electron chi connectivity index (χ2n) is 6.68. The highest BCUT2D eigenvalue weighted by atomic mass is 16.5. The number of ether oxygens (including phenoxy) is 1. The van der Waals surface area contributed by atoms with Crippen LogP contribution >= 0.6 is 0 Å². The Morgan fingerprint density at radius 2 is 1.93 bits per heavy atom. The van der Waals surface area contributed by atoms with Gasteiger partial charge in [-0.2, -0.15) is 0 Å². The summed E-state index contributed by atoms with van der Waals surface area (Å²) in [4.78, 5) is 38.8. The highest BCUT2D eigenvalue weighted by Gasteiger charge is 2.35. The van der Waals surface area contributed by atoms with E-state index in [0.29, 0.717) is 17.8 Å². The number of rotatable bonds is 6. The molecule has 28 heavy (non-hydrogen) atoms. The Balaban J connectivity index is 1.70. The van der Waals surface area contributed by atoms with Gasteiger partial charge in [0.15, 0.2) is 0 Å². The van der Waals surface area contributed by atoms with Gasteiger partial charge in [0.2, 0.25) is 11.8 Å². The number of hydrogen-bond acceptors (Lipinski definition) is 4. The molecule has 1 heterocycles. The van der Waals surface area contributed by atoms with Crippen LogP contribution in [0.25, 0.3) is 0 Å². The third-order valence-corrected chi connectivity index (χ3v) is 4.80. The molecule has 2 aromatic rings. The molecular formula is C22H24N2O4. The summed E-state index contributed by atoms with van der Waals surface area (Å²) in [6.07, 6.45) is 0.985. The molecule has 1 N–H and O–H groups in total. The van der Waals surface area contributed by atoms with Gasteiger partial charge in [-0.15, -0.1) is 0 Å². The summed E-state index contributed by atoms with van der Waals surface area (Å²) in [6.45, 7) is 4.41. The lowest BCUT2D eigenvalue weighted by molar-refractivity contribution is -0.122. The average Bonchev–Trinajstić information content (AvgIpc) is 3.10. The van der Waals surface area contributed by atoms with E-state index in [0.717, 1.165) is 17.7 Å². The van der Waals surface area contributed by atoms with Gasteiger partial charge < -0.3 is 15.0 Å². The lowest BCUT2D eigenvalue weighted by atomic mass is 10.1. The largest absolute Gasteiger partial charge is 0.462 e. The van der Waals surface area contributed by atoms with Crippen LogP contribution in [-0.2, 0) is 20.7 Å². The summed E-state index contributed by atoms with van der Waals surface area (Å²) < 4.78 is 4.98. The van der Waals surface area contributed by atoms with Gasteiger partial charge >= 0.3 is 5.97 Å². The Bertz CT molecular complexity index is 894. The van der Waals surface area contributed by atoms with Gasteiger partial charge in [-0.3, -0.25) is 9.59 Å². The summed E-state index contributed by atoms with van der Waals surface area (Å²) in [5.41, 5.74) is 2.84. The Labute approximate surface area is 164 Å². The van der Waals surface area contributed by atoms with E-state index in [1.54, 1.807) is 36.1 Å². The van der Waals surface area contributed by atoms with Crippen molar-refractivity contribution < 1.29 is 19.1 Å². The lowest BCUT2D eigenvalue weighted by Gasteiger charge is -2.20. The summed E-state index contributed by atoms with van der Waals surface area (Å²) >= 11 is 0. The molecule has 1 saturated heterocycles. The van der Waals surface area contributed by atoms with E-state index >= 15 is 0 Å². The highest BCUT2D eigenvalue weighted by molar-refractivity contribution is 6.04. The first kappa shape index (κ1) is 19.6. The minimum Gasteiger partial charge on any atom is -0.462 e. The normalized spacial score (nSPS) is 16.1. The van der Waals surface area contributed by atoms with Crippen LogP contribution in [0, 0.1) is 5.92 Å². The fourth-order valence-electron chi connectivity index (χ4n) is 3.37. The third-order valence-electron chi connectivity index (χ3n) is 4.80. The second kappa shape index (κ2) is 8.69. The molecule has 0 radical (unpaired) electrons. The molecule has 6 heteroatoms. The van der Waals surface area contributed by atoms with Gasteiger partial charge in [0.1, 0.15) is 0 Å².